The van der Waals surface area contributed by atoms with Crippen LogP contribution in [0.3, 0.4) is 0 Å². The highest BCUT2D eigenvalue weighted by atomic mass is 35.5. The van der Waals surface area contributed by atoms with E-state index in [9.17, 15) is 5.11 Å². The predicted molar refractivity (Wildman–Crippen MR) is 70.5 cm³/mol. The maximum atomic E-state index is 9.82. The SMILES string of the molecule is CCN(Cc1cc(Cl)ccc1O)C1CCNC1. The van der Waals surface area contributed by atoms with E-state index in [1.54, 1.807) is 12.1 Å². The molecule has 1 saturated heterocycles. The molecule has 0 amide bonds. The van der Waals surface area contributed by atoms with Crippen LogP contribution in [0.5, 0.6) is 5.75 Å². The monoisotopic (exact) mass is 254 g/mol. The summed E-state index contributed by atoms with van der Waals surface area (Å²) in [5.74, 6) is 0.332. The van der Waals surface area contributed by atoms with Crippen LogP contribution in [0, 0.1) is 0 Å². The second-order valence-electron chi connectivity index (χ2n) is 4.48. The number of hydrogen-bond donors (Lipinski definition) is 2. The molecular weight excluding hydrogens is 236 g/mol. The molecule has 2 rings (SSSR count). The minimum absolute atomic E-state index is 0.332. The van der Waals surface area contributed by atoms with Gasteiger partial charge in [-0.25, -0.2) is 0 Å². The molecule has 2 N–H and O–H groups in total. The third-order valence-corrected chi connectivity index (χ3v) is 3.61. The Balaban J connectivity index is 2.09. The van der Waals surface area contributed by atoms with Crippen LogP contribution in [0.25, 0.3) is 0 Å². The topological polar surface area (TPSA) is 35.5 Å². The number of benzene rings is 1. The summed E-state index contributed by atoms with van der Waals surface area (Å²) in [6, 6.07) is 5.80. The van der Waals surface area contributed by atoms with Crippen LogP contribution in [-0.2, 0) is 6.54 Å². The summed E-state index contributed by atoms with van der Waals surface area (Å²) in [7, 11) is 0. The normalized spacial score (nSPS) is 20.1. The highest BCUT2D eigenvalue weighted by Gasteiger charge is 2.21. The van der Waals surface area contributed by atoms with E-state index < -0.39 is 0 Å². The summed E-state index contributed by atoms with van der Waals surface area (Å²) in [4.78, 5) is 2.38. The summed E-state index contributed by atoms with van der Waals surface area (Å²) in [6.07, 6.45) is 1.18. The van der Waals surface area contributed by atoms with Crippen LogP contribution in [0.15, 0.2) is 18.2 Å². The van der Waals surface area contributed by atoms with Crippen molar-refractivity contribution >= 4 is 11.6 Å². The standard InChI is InChI=1S/C13H19ClN2O/c1-2-16(12-5-6-15-8-12)9-10-7-11(14)3-4-13(10)17/h3-4,7,12,15,17H,2,5-6,8-9H2,1H3. The van der Waals surface area contributed by atoms with Crippen molar-refractivity contribution in [3.05, 3.63) is 28.8 Å². The van der Waals surface area contributed by atoms with Gasteiger partial charge in [0.1, 0.15) is 5.75 Å². The highest BCUT2D eigenvalue weighted by Crippen LogP contribution is 2.24. The van der Waals surface area contributed by atoms with Gasteiger partial charge < -0.3 is 10.4 Å². The number of halogens is 1. The molecule has 0 aromatic heterocycles. The van der Waals surface area contributed by atoms with Gasteiger partial charge in [-0.1, -0.05) is 18.5 Å². The van der Waals surface area contributed by atoms with Gasteiger partial charge in [-0.15, -0.1) is 0 Å². The van der Waals surface area contributed by atoms with Gasteiger partial charge in [0.05, 0.1) is 0 Å². The van der Waals surface area contributed by atoms with Crippen molar-refractivity contribution in [1.29, 1.82) is 0 Å². The van der Waals surface area contributed by atoms with Gasteiger partial charge in [0.15, 0.2) is 0 Å². The van der Waals surface area contributed by atoms with Crippen LogP contribution in [-0.4, -0.2) is 35.7 Å². The lowest BCUT2D eigenvalue weighted by Crippen LogP contribution is -2.36. The zero-order chi connectivity index (χ0) is 12.3. The molecule has 1 atom stereocenters. The Hall–Kier alpha value is -0.770. The smallest absolute Gasteiger partial charge is 0.120 e. The van der Waals surface area contributed by atoms with Crippen molar-refractivity contribution in [2.45, 2.75) is 25.9 Å². The zero-order valence-corrected chi connectivity index (χ0v) is 10.9. The van der Waals surface area contributed by atoms with Gasteiger partial charge in [-0.3, -0.25) is 4.90 Å². The number of nitrogens with zero attached hydrogens (tertiary/aromatic N) is 1. The first-order valence-corrected chi connectivity index (χ1v) is 6.50. The molecule has 1 aliphatic rings. The van der Waals surface area contributed by atoms with Crippen molar-refractivity contribution in [3.63, 3.8) is 0 Å². The maximum Gasteiger partial charge on any atom is 0.120 e. The molecule has 0 saturated carbocycles. The first-order valence-electron chi connectivity index (χ1n) is 6.13. The largest absolute Gasteiger partial charge is 0.508 e. The lowest BCUT2D eigenvalue weighted by atomic mass is 10.1. The molecule has 1 heterocycles. The average molecular weight is 255 g/mol. The number of nitrogens with one attached hydrogen (secondary N) is 1. The van der Waals surface area contributed by atoms with Gasteiger partial charge in [-0.2, -0.15) is 0 Å². The zero-order valence-electron chi connectivity index (χ0n) is 10.1. The molecule has 1 aromatic rings. The summed E-state index contributed by atoms with van der Waals surface area (Å²) < 4.78 is 0. The molecule has 1 fully saturated rings. The molecule has 94 valence electrons. The first kappa shape index (κ1) is 12.7. The van der Waals surface area contributed by atoms with Crippen molar-refractivity contribution in [2.75, 3.05) is 19.6 Å². The quantitative estimate of drug-likeness (QED) is 0.865. The van der Waals surface area contributed by atoms with E-state index >= 15 is 0 Å². The Morgan fingerprint density at radius 2 is 2.35 bits per heavy atom. The Morgan fingerprint density at radius 1 is 1.53 bits per heavy atom. The molecule has 1 aliphatic heterocycles. The first-order chi connectivity index (χ1) is 8.20. The van der Waals surface area contributed by atoms with E-state index in [2.05, 4.69) is 17.1 Å². The second-order valence-corrected chi connectivity index (χ2v) is 4.92. The summed E-state index contributed by atoms with van der Waals surface area (Å²) in [5, 5.41) is 13.9. The van der Waals surface area contributed by atoms with E-state index in [4.69, 9.17) is 11.6 Å². The number of rotatable bonds is 4. The van der Waals surface area contributed by atoms with Crippen LogP contribution < -0.4 is 5.32 Å². The Bertz CT molecular complexity index is 378. The van der Waals surface area contributed by atoms with Crippen molar-refractivity contribution in [3.8, 4) is 5.75 Å². The summed E-state index contributed by atoms with van der Waals surface area (Å²) >= 11 is 5.96. The van der Waals surface area contributed by atoms with Crippen molar-refractivity contribution in [1.82, 2.24) is 10.2 Å². The predicted octanol–water partition coefficient (Wildman–Crippen LogP) is 2.23. The maximum absolute atomic E-state index is 9.82. The molecule has 0 bridgehead atoms. The Kier molecular flexibility index (Phi) is 4.26. The third-order valence-electron chi connectivity index (χ3n) is 3.37. The molecule has 0 aliphatic carbocycles. The molecular formula is C13H19ClN2O. The number of phenols is 1. The number of hydrogen-bond acceptors (Lipinski definition) is 3. The summed E-state index contributed by atoms with van der Waals surface area (Å²) in [6.45, 7) is 6.02. The van der Waals surface area contributed by atoms with Crippen LogP contribution >= 0.6 is 11.6 Å². The molecule has 1 aromatic carbocycles. The molecule has 17 heavy (non-hydrogen) atoms. The third kappa shape index (κ3) is 3.12. The average Bonchev–Trinajstić information content (AvgIpc) is 2.84. The van der Waals surface area contributed by atoms with Gasteiger partial charge in [-0.05, 0) is 37.7 Å². The van der Waals surface area contributed by atoms with Crippen molar-refractivity contribution < 1.29 is 5.11 Å². The molecule has 0 radical (unpaired) electrons. The lowest BCUT2D eigenvalue weighted by molar-refractivity contribution is 0.208. The second kappa shape index (κ2) is 5.71. The fourth-order valence-corrected chi connectivity index (χ4v) is 2.54. The minimum Gasteiger partial charge on any atom is -0.508 e. The lowest BCUT2D eigenvalue weighted by Gasteiger charge is -2.27. The number of phenolic OH excluding ortho intramolecular Hbond substituents is 1. The van der Waals surface area contributed by atoms with Crippen LogP contribution in [0.1, 0.15) is 18.9 Å². The van der Waals surface area contributed by atoms with E-state index in [1.165, 1.54) is 6.42 Å². The van der Waals surface area contributed by atoms with Gasteiger partial charge in [0.25, 0.3) is 0 Å². The number of aromatic hydroxyl groups is 1. The highest BCUT2D eigenvalue weighted by molar-refractivity contribution is 6.30. The molecule has 3 nitrogen and oxygen atoms in total. The van der Waals surface area contributed by atoms with Crippen molar-refractivity contribution in [2.24, 2.45) is 0 Å². The fourth-order valence-electron chi connectivity index (χ4n) is 2.35. The van der Waals surface area contributed by atoms with Crippen LogP contribution in [0.4, 0.5) is 0 Å². The summed E-state index contributed by atoms with van der Waals surface area (Å²) in [5.41, 5.74) is 0.909. The van der Waals surface area contributed by atoms with Gasteiger partial charge >= 0.3 is 0 Å². The molecule has 1 unspecified atom stereocenters. The van der Waals surface area contributed by atoms with E-state index in [0.717, 1.165) is 31.7 Å². The van der Waals surface area contributed by atoms with Gasteiger partial charge in [0.2, 0.25) is 0 Å². The fraction of sp³-hybridized carbons (Fsp3) is 0.538. The molecule has 0 spiro atoms. The van der Waals surface area contributed by atoms with E-state index in [0.29, 0.717) is 16.8 Å². The van der Waals surface area contributed by atoms with E-state index in [-0.39, 0.29) is 0 Å². The van der Waals surface area contributed by atoms with Gasteiger partial charge in [0, 0.05) is 29.7 Å². The molecule has 4 heteroatoms. The number of likely N-dealkylation sites (N-methyl/N-ethyl adjacent to an activating group) is 1. The van der Waals surface area contributed by atoms with Crippen LogP contribution in [0.2, 0.25) is 5.02 Å². The minimum atomic E-state index is 0.332. The Morgan fingerprint density at radius 3 is 3.00 bits per heavy atom. The van der Waals surface area contributed by atoms with E-state index in [1.807, 2.05) is 6.07 Å². The Labute approximate surface area is 107 Å².